The first-order valence-corrected chi connectivity index (χ1v) is 20.1. The molecule has 2 saturated heterocycles. The van der Waals surface area contributed by atoms with Gasteiger partial charge in [-0.05, 0) is 89.9 Å². The predicted molar refractivity (Wildman–Crippen MR) is 190 cm³/mol. The molecule has 5 atom stereocenters. The average Bonchev–Trinajstić information content (AvgIpc) is 3.70. The van der Waals surface area contributed by atoms with Crippen molar-refractivity contribution in [2.24, 2.45) is 5.92 Å². The molecule has 3 aliphatic heterocycles. The molecule has 2 fully saturated rings. The monoisotopic (exact) mass is 675 g/mol. The molecule has 3 aliphatic rings. The SMILES string of the molecule is CC(C)=CCC/C(C)=C/CN1C(=O)[C@]2(O[C@H](CC(=O)N3CCC[C@H]3CO)[C@@H]([Si](C)(C)F)[C@@H]2C)c2cc(NC(=O)c3ccccc3)ccc21. The summed E-state index contributed by atoms with van der Waals surface area (Å²) >= 11 is 0. The number of aliphatic hydroxyl groups excluding tert-OH is 1. The number of carbonyl (C=O) groups excluding carboxylic acids is 3. The van der Waals surface area contributed by atoms with Crippen LogP contribution in [0.15, 0.2) is 71.8 Å². The lowest BCUT2D eigenvalue weighted by Crippen LogP contribution is -2.45. The topological polar surface area (TPSA) is 99.2 Å². The van der Waals surface area contributed by atoms with E-state index in [0.29, 0.717) is 35.6 Å². The number of likely N-dealkylation sites (tertiary alicyclic amines) is 1. The largest absolute Gasteiger partial charge is 0.394 e. The summed E-state index contributed by atoms with van der Waals surface area (Å²) in [5, 5.41) is 12.8. The van der Waals surface area contributed by atoms with Gasteiger partial charge in [-0.2, -0.15) is 0 Å². The van der Waals surface area contributed by atoms with E-state index in [-0.39, 0.29) is 36.8 Å². The summed E-state index contributed by atoms with van der Waals surface area (Å²) in [5.41, 5.74) is 2.47. The molecular weight excluding hydrogens is 626 g/mol. The first kappa shape index (κ1) is 35.7. The van der Waals surface area contributed by atoms with E-state index in [4.69, 9.17) is 4.74 Å². The van der Waals surface area contributed by atoms with Crippen LogP contribution in [0.2, 0.25) is 18.6 Å². The zero-order valence-corrected chi connectivity index (χ0v) is 30.1. The van der Waals surface area contributed by atoms with Gasteiger partial charge in [0.05, 0.1) is 30.9 Å². The number of halogens is 1. The Morgan fingerprint density at radius 1 is 1.12 bits per heavy atom. The second-order valence-corrected chi connectivity index (χ2v) is 18.2. The van der Waals surface area contributed by atoms with Crippen molar-refractivity contribution in [3.05, 3.63) is 83.0 Å². The molecule has 0 aliphatic carbocycles. The molecule has 0 saturated carbocycles. The highest BCUT2D eigenvalue weighted by Crippen LogP contribution is 2.60. The van der Waals surface area contributed by atoms with Crippen molar-refractivity contribution in [2.75, 3.05) is 29.9 Å². The molecule has 48 heavy (non-hydrogen) atoms. The van der Waals surface area contributed by atoms with E-state index in [0.717, 1.165) is 31.3 Å². The number of nitrogens with one attached hydrogen (secondary N) is 1. The second kappa shape index (κ2) is 14.5. The molecule has 0 radical (unpaired) electrons. The minimum Gasteiger partial charge on any atom is -0.394 e. The molecule has 0 aromatic heterocycles. The molecule has 5 rings (SSSR count). The Morgan fingerprint density at radius 3 is 2.52 bits per heavy atom. The number of hydrogen-bond donors (Lipinski definition) is 2. The minimum atomic E-state index is -3.50. The van der Waals surface area contributed by atoms with E-state index in [2.05, 4.69) is 38.2 Å². The van der Waals surface area contributed by atoms with Gasteiger partial charge in [-0.15, -0.1) is 0 Å². The van der Waals surface area contributed by atoms with E-state index in [1.807, 2.05) is 19.1 Å². The van der Waals surface area contributed by atoms with Gasteiger partial charge < -0.3 is 29.1 Å². The van der Waals surface area contributed by atoms with Crippen LogP contribution in [0.25, 0.3) is 0 Å². The fourth-order valence-electron chi connectivity index (χ4n) is 7.88. The van der Waals surface area contributed by atoms with Crippen molar-refractivity contribution >= 4 is 37.5 Å². The van der Waals surface area contributed by atoms with Crippen molar-refractivity contribution < 1.29 is 28.3 Å². The number of nitrogens with zero attached hydrogens (tertiary/aromatic N) is 2. The van der Waals surface area contributed by atoms with E-state index < -0.39 is 31.6 Å². The lowest BCUT2D eigenvalue weighted by Gasteiger charge is -2.31. The van der Waals surface area contributed by atoms with Gasteiger partial charge in [0.15, 0.2) is 5.60 Å². The summed E-state index contributed by atoms with van der Waals surface area (Å²) in [4.78, 5) is 44.9. The summed E-state index contributed by atoms with van der Waals surface area (Å²) in [6.45, 7) is 12.0. The van der Waals surface area contributed by atoms with Gasteiger partial charge in [-0.1, -0.05) is 48.4 Å². The van der Waals surface area contributed by atoms with Gasteiger partial charge in [-0.25, -0.2) is 0 Å². The lowest BCUT2D eigenvalue weighted by atomic mass is 9.82. The number of rotatable bonds is 11. The van der Waals surface area contributed by atoms with Gasteiger partial charge in [-0.3, -0.25) is 14.4 Å². The van der Waals surface area contributed by atoms with Crippen LogP contribution in [0.5, 0.6) is 0 Å². The third-order valence-corrected chi connectivity index (χ3v) is 12.7. The quantitative estimate of drug-likeness (QED) is 0.150. The number of allylic oxidation sites excluding steroid dienone is 3. The highest BCUT2D eigenvalue weighted by Gasteiger charge is 2.67. The highest BCUT2D eigenvalue weighted by molar-refractivity contribution is 6.72. The summed E-state index contributed by atoms with van der Waals surface area (Å²) in [5.74, 6) is -1.33. The predicted octanol–water partition coefficient (Wildman–Crippen LogP) is 7.13. The third-order valence-electron chi connectivity index (χ3n) is 10.3. The van der Waals surface area contributed by atoms with E-state index in [9.17, 15) is 19.5 Å². The fourth-order valence-corrected chi connectivity index (χ4v) is 10.4. The van der Waals surface area contributed by atoms with Gasteiger partial charge in [0, 0.05) is 41.4 Å². The number of aliphatic hydroxyl groups is 1. The molecule has 258 valence electrons. The number of anilines is 2. The summed E-state index contributed by atoms with van der Waals surface area (Å²) in [7, 11) is -3.50. The molecule has 0 unspecified atom stereocenters. The van der Waals surface area contributed by atoms with Crippen LogP contribution in [0.1, 0.15) is 75.7 Å². The molecule has 3 amide bonds. The highest BCUT2D eigenvalue weighted by atomic mass is 28.4. The smallest absolute Gasteiger partial charge is 0.264 e. The van der Waals surface area contributed by atoms with Crippen LogP contribution in [-0.4, -0.2) is 68.0 Å². The molecule has 2 N–H and O–H groups in total. The van der Waals surface area contributed by atoms with Gasteiger partial charge in [0.25, 0.3) is 11.8 Å². The first-order chi connectivity index (χ1) is 22.8. The number of fused-ring (bicyclic) bond motifs is 2. The Bertz CT molecular complexity index is 1580. The molecule has 10 heteroatoms. The van der Waals surface area contributed by atoms with Crippen molar-refractivity contribution in [2.45, 2.75) is 96.2 Å². The zero-order valence-electron chi connectivity index (χ0n) is 29.1. The Morgan fingerprint density at radius 2 is 1.85 bits per heavy atom. The van der Waals surface area contributed by atoms with Crippen molar-refractivity contribution in [1.82, 2.24) is 4.90 Å². The zero-order chi connectivity index (χ0) is 34.8. The average molecular weight is 676 g/mol. The van der Waals surface area contributed by atoms with Crippen molar-refractivity contribution in [3.63, 3.8) is 0 Å². The number of ether oxygens (including phenoxy) is 1. The first-order valence-electron chi connectivity index (χ1n) is 17.2. The van der Waals surface area contributed by atoms with E-state index in [1.165, 1.54) is 5.57 Å². The van der Waals surface area contributed by atoms with Crippen LogP contribution in [-0.2, 0) is 19.9 Å². The third kappa shape index (κ3) is 7.07. The molecule has 1 spiro atoms. The molecule has 0 bridgehead atoms. The molecule has 3 heterocycles. The number of hydrogen-bond acceptors (Lipinski definition) is 5. The van der Waals surface area contributed by atoms with Crippen LogP contribution in [0, 0.1) is 5.92 Å². The Kier molecular flexibility index (Phi) is 10.8. The normalized spacial score (nSPS) is 25.5. The van der Waals surface area contributed by atoms with Gasteiger partial charge >= 0.3 is 0 Å². The standard InChI is InChI=1S/C38H50FN3O5Si/c1-25(2)12-10-13-26(3)19-21-42-32-18-17-29(40-36(45)28-14-8-7-9-15-28)22-31(32)38(37(42)46)27(4)35(48(5,6)39)33(47-38)23-34(44)41-20-11-16-30(41)24-43/h7-9,12,14-15,17-19,22,27,30,33,35,43H,10-11,13,16,20-21,23-24H2,1-6H3,(H,40,45)/b26-19+/t27-,30-,33+,35-,38+/m0/s1. The van der Waals surface area contributed by atoms with E-state index >= 15 is 4.11 Å². The van der Waals surface area contributed by atoms with E-state index in [1.54, 1.807) is 59.3 Å². The van der Waals surface area contributed by atoms with Crippen molar-refractivity contribution in [1.29, 1.82) is 0 Å². The molecule has 2 aromatic rings. The fraction of sp³-hybridized carbons (Fsp3) is 0.500. The summed E-state index contributed by atoms with van der Waals surface area (Å²) in [6.07, 6.45) is 6.66. The van der Waals surface area contributed by atoms with Crippen LogP contribution in [0.3, 0.4) is 0 Å². The lowest BCUT2D eigenvalue weighted by molar-refractivity contribution is -0.149. The van der Waals surface area contributed by atoms with Gasteiger partial charge in [0.1, 0.15) is 0 Å². The Balaban J connectivity index is 1.53. The van der Waals surface area contributed by atoms with Crippen LogP contribution < -0.4 is 10.2 Å². The molecule has 8 nitrogen and oxygen atoms in total. The molecule has 2 aromatic carbocycles. The molecular formula is C38H50FN3O5Si. The Hall–Kier alpha value is -3.60. The number of carbonyl (C=O) groups is 3. The maximum atomic E-state index is 16.4. The summed E-state index contributed by atoms with van der Waals surface area (Å²) in [6, 6.07) is 14.0. The number of amides is 3. The Labute approximate surface area is 285 Å². The van der Waals surface area contributed by atoms with Crippen LogP contribution in [0.4, 0.5) is 15.5 Å². The van der Waals surface area contributed by atoms with Crippen LogP contribution >= 0.6 is 0 Å². The maximum absolute atomic E-state index is 16.4. The number of benzene rings is 2. The van der Waals surface area contributed by atoms with Crippen molar-refractivity contribution in [3.8, 4) is 0 Å². The summed E-state index contributed by atoms with van der Waals surface area (Å²) < 4.78 is 23.2. The minimum absolute atomic E-state index is 0.0654. The second-order valence-electron chi connectivity index (χ2n) is 14.4. The maximum Gasteiger partial charge on any atom is 0.264 e. The van der Waals surface area contributed by atoms with Gasteiger partial charge in [0.2, 0.25) is 14.3 Å².